The number of rotatable bonds is 6. The summed E-state index contributed by atoms with van der Waals surface area (Å²) in [6.07, 6.45) is 4.08. The third-order valence-corrected chi connectivity index (χ3v) is 5.76. The Balaban J connectivity index is 2.07. The van der Waals surface area contributed by atoms with E-state index in [9.17, 15) is 9.59 Å². The first kappa shape index (κ1) is 21.0. The van der Waals surface area contributed by atoms with E-state index in [1.807, 2.05) is 61.5 Å². The second-order valence-electron chi connectivity index (χ2n) is 6.26. The molecule has 0 aromatic heterocycles. The number of carbonyl (C=O) groups excluding carboxylic acids is 2. The first-order valence-corrected chi connectivity index (χ1v) is 10.0. The Labute approximate surface area is 169 Å². The molecule has 4 heteroatoms. The van der Waals surface area contributed by atoms with Crippen molar-refractivity contribution < 1.29 is 9.59 Å². The SMILES string of the molecule is C=C(C)C(=O)Sc1ccc(/C=C/c2ccc(SC(=O)C(=C)C)cc2C)cc1. The molecule has 2 aromatic carbocycles. The highest BCUT2D eigenvalue weighted by molar-refractivity contribution is 8.14. The van der Waals surface area contributed by atoms with E-state index in [2.05, 4.69) is 13.2 Å². The van der Waals surface area contributed by atoms with E-state index in [-0.39, 0.29) is 10.2 Å². The van der Waals surface area contributed by atoms with Crippen LogP contribution in [-0.4, -0.2) is 10.2 Å². The van der Waals surface area contributed by atoms with Crippen molar-refractivity contribution in [3.05, 3.63) is 83.5 Å². The van der Waals surface area contributed by atoms with E-state index in [4.69, 9.17) is 0 Å². The molecule has 0 spiro atoms. The van der Waals surface area contributed by atoms with Gasteiger partial charge in [0.25, 0.3) is 0 Å². The highest BCUT2D eigenvalue weighted by Gasteiger charge is 2.07. The van der Waals surface area contributed by atoms with Crippen molar-refractivity contribution in [2.75, 3.05) is 0 Å². The molecule has 0 fully saturated rings. The molecule has 138 valence electrons. The highest BCUT2D eigenvalue weighted by atomic mass is 32.2. The Morgan fingerprint density at radius 2 is 1.33 bits per heavy atom. The number of carbonyl (C=O) groups is 2. The van der Waals surface area contributed by atoms with Crippen LogP contribution in [0.1, 0.15) is 30.5 Å². The molecule has 0 radical (unpaired) electrons. The van der Waals surface area contributed by atoms with Crippen LogP contribution in [0.25, 0.3) is 12.2 Å². The van der Waals surface area contributed by atoms with Crippen LogP contribution in [0.2, 0.25) is 0 Å². The minimum Gasteiger partial charge on any atom is -0.282 e. The normalized spacial score (nSPS) is 10.8. The Morgan fingerprint density at radius 3 is 1.85 bits per heavy atom. The van der Waals surface area contributed by atoms with E-state index in [1.54, 1.807) is 13.8 Å². The van der Waals surface area contributed by atoms with E-state index >= 15 is 0 Å². The zero-order valence-corrected chi connectivity index (χ0v) is 17.4. The van der Waals surface area contributed by atoms with Gasteiger partial charge in [-0.2, -0.15) is 0 Å². The third kappa shape index (κ3) is 6.42. The zero-order valence-electron chi connectivity index (χ0n) is 15.7. The van der Waals surface area contributed by atoms with E-state index in [1.165, 1.54) is 23.5 Å². The molecule has 0 heterocycles. The second kappa shape index (κ2) is 9.58. The van der Waals surface area contributed by atoms with Crippen molar-refractivity contribution >= 4 is 45.9 Å². The van der Waals surface area contributed by atoms with Crippen molar-refractivity contribution in [2.24, 2.45) is 0 Å². The second-order valence-corrected chi connectivity index (χ2v) is 8.35. The van der Waals surface area contributed by atoms with Gasteiger partial charge in [-0.1, -0.05) is 43.5 Å². The van der Waals surface area contributed by atoms with Crippen molar-refractivity contribution in [3.63, 3.8) is 0 Å². The predicted octanol–water partition coefficient (Wildman–Crippen LogP) is 6.56. The fourth-order valence-electron chi connectivity index (χ4n) is 2.12. The molecule has 0 aliphatic carbocycles. The van der Waals surface area contributed by atoms with Gasteiger partial charge >= 0.3 is 0 Å². The molecule has 0 N–H and O–H groups in total. The molecule has 27 heavy (non-hydrogen) atoms. The number of benzene rings is 2. The lowest BCUT2D eigenvalue weighted by molar-refractivity contribution is -0.108. The average molecular weight is 395 g/mol. The number of hydrogen-bond acceptors (Lipinski definition) is 4. The molecule has 0 amide bonds. The smallest absolute Gasteiger partial charge is 0.219 e. The Morgan fingerprint density at radius 1 is 0.815 bits per heavy atom. The quantitative estimate of drug-likeness (QED) is 0.316. The van der Waals surface area contributed by atoms with Gasteiger partial charge in [-0.3, -0.25) is 9.59 Å². The van der Waals surface area contributed by atoms with Gasteiger partial charge in [0.1, 0.15) is 0 Å². The zero-order chi connectivity index (χ0) is 20.0. The lowest BCUT2D eigenvalue weighted by atomic mass is 10.1. The van der Waals surface area contributed by atoms with Crippen LogP contribution in [-0.2, 0) is 9.59 Å². The van der Waals surface area contributed by atoms with E-state index in [0.717, 1.165) is 26.5 Å². The van der Waals surface area contributed by atoms with Crippen LogP contribution in [0.15, 0.2) is 76.6 Å². The summed E-state index contributed by atoms with van der Waals surface area (Å²) in [5, 5.41) is -0.0298. The number of thioether (sulfide) groups is 2. The van der Waals surface area contributed by atoms with Gasteiger partial charge in [-0.15, -0.1) is 0 Å². The summed E-state index contributed by atoms with van der Waals surface area (Å²) in [7, 11) is 0. The van der Waals surface area contributed by atoms with Crippen LogP contribution >= 0.6 is 23.5 Å². The van der Waals surface area contributed by atoms with Gasteiger partial charge in [-0.25, -0.2) is 0 Å². The van der Waals surface area contributed by atoms with Gasteiger partial charge in [0.15, 0.2) is 0 Å². The standard InChI is InChI=1S/C23H22O2S2/c1-15(2)22(24)26-20-11-7-18(8-12-20)6-9-19-10-13-21(14-17(19)5)27-23(25)16(3)4/h6-14H,1,3H2,2,4-5H3/b9-6+. The minimum atomic E-state index is -0.0167. The number of hydrogen-bond donors (Lipinski definition) is 0. The molecule has 2 aromatic rings. The maximum Gasteiger partial charge on any atom is 0.219 e. The van der Waals surface area contributed by atoms with E-state index < -0.39 is 0 Å². The van der Waals surface area contributed by atoms with Crippen LogP contribution in [0.5, 0.6) is 0 Å². The molecule has 2 nitrogen and oxygen atoms in total. The lowest BCUT2D eigenvalue weighted by Crippen LogP contribution is -1.91. The van der Waals surface area contributed by atoms with Gasteiger partial charge < -0.3 is 0 Å². The molecule has 0 saturated heterocycles. The minimum absolute atomic E-state index is 0.0132. The van der Waals surface area contributed by atoms with Gasteiger partial charge in [0.05, 0.1) is 0 Å². The Kier molecular flexibility index (Phi) is 7.45. The summed E-state index contributed by atoms with van der Waals surface area (Å²) < 4.78 is 0. The fraction of sp³-hybridized carbons (Fsp3) is 0.130. The Hall–Kier alpha value is -2.30. The topological polar surface area (TPSA) is 34.1 Å². The van der Waals surface area contributed by atoms with Crippen LogP contribution in [0.4, 0.5) is 0 Å². The largest absolute Gasteiger partial charge is 0.282 e. The molecule has 0 aliphatic rings. The van der Waals surface area contributed by atoms with Gasteiger partial charge in [0.2, 0.25) is 10.2 Å². The summed E-state index contributed by atoms with van der Waals surface area (Å²) in [4.78, 5) is 25.3. The molecule has 0 unspecified atom stereocenters. The summed E-state index contributed by atoms with van der Waals surface area (Å²) in [6, 6.07) is 13.8. The molecule has 0 atom stereocenters. The Bertz CT molecular complexity index is 922. The summed E-state index contributed by atoms with van der Waals surface area (Å²) in [5.41, 5.74) is 4.35. The van der Waals surface area contributed by atoms with Gasteiger partial charge in [0, 0.05) is 9.79 Å². The number of aryl methyl sites for hydroxylation is 1. The highest BCUT2D eigenvalue weighted by Crippen LogP contribution is 2.26. The average Bonchev–Trinajstić information content (AvgIpc) is 2.62. The summed E-state index contributed by atoms with van der Waals surface area (Å²) in [5.74, 6) is 0. The van der Waals surface area contributed by atoms with Crippen molar-refractivity contribution in [1.82, 2.24) is 0 Å². The first-order chi connectivity index (χ1) is 12.8. The first-order valence-electron chi connectivity index (χ1n) is 8.40. The molecule has 2 rings (SSSR count). The predicted molar refractivity (Wildman–Crippen MR) is 118 cm³/mol. The van der Waals surface area contributed by atoms with Crippen LogP contribution in [0.3, 0.4) is 0 Å². The summed E-state index contributed by atoms with van der Waals surface area (Å²) in [6.45, 7) is 12.8. The van der Waals surface area contributed by atoms with Crippen LogP contribution < -0.4 is 0 Å². The van der Waals surface area contributed by atoms with Crippen molar-refractivity contribution in [3.8, 4) is 0 Å². The molecule has 0 aliphatic heterocycles. The van der Waals surface area contributed by atoms with Crippen molar-refractivity contribution in [2.45, 2.75) is 30.6 Å². The molecule has 0 bridgehead atoms. The van der Waals surface area contributed by atoms with Crippen molar-refractivity contribution in [1.29, 1.82) is 0 Å². The van der Waals surface area contributed by atoms with E-state index in [0.29, 0.717) is 11.1 Å². The lowest BCUT2D eigenvalue weighted by Gasteiger charge is -2.05. The van der Waals surface area contributed by atoms with Crippen LogP contribution in [0, 0.1) is 6.92 Å². The fourth-order valence-corrected chi connectivity index (χ4v) is 3.54. The monoisotopic (exact) mass is 394 g/mol. The molecule has 0 saturated carbocycles. The maximum absolute atomic E-state index is 11.8. The summed E-state index contributed by atoms with van der Waals surface area (Å²) >= 11 is 2.39. The van der Waals surface area contributed by atoms with Gasteiger partial charge in [-0.05, 0) is 96.4 Å². The third-order valence-electron chi connectivity index (χ3n) is 3.69. The molecular formula is C23H22O2S2. The maximum atomic E-state index is 11.8. The molecular weight excluding hydrogens is 372 g/mol.